The fourth-order valence-corrected chi connectivity index (χ4v) is 2.30. The van der Waals surface area contributed by atoms with Crippen LogP contribution in [0.5, 0.6) is 0 Å². The molecule has 1 aromatic carbocycles. The number of aliphatic hydroxyl groups excluding tert-OH is 1. The van der Waals surface area contributed by atoms with Gasteiger partial charge in [0, 0.05) is 23.8 Å². The molecule has 96 valence electrons. The maximum atomic E-state index is 9.84. The second-order valence-electron chi connectivity index (χ2n) is 4.68. The van der Waals surface area contributed by atoms with Crippen LogP contribution in [0, 0.1) is 11.3 Å². The van der Waals surface area contributed by atoms with Crippen molar-refractivity contribution in [1.82, 2.24) is 0 Å². The summed E-state index contributed by atoms with van der Waals surface area (Å²) < 4.78 is 5.42. The van der Waals surface area contributed by atoms with Crippen LogP contribution in [0.2, 0.25) is 0 Å². The number of benzene rings is 1. The lowest BCUT2D eigenvalue weighted by molar-refractivity contribution is 0.0984. The average Bonchev–Trinajstić information content (AvgIpc) is 2.38. The Morgan fingerprint density at radius 2 is 2.33 bits per heavy atom. The van der Waals surface area contributed by atoms with E-state index in [1.807, 2.05) is 12.1 Å². The highest BCUT2D eigenvalue weighted by molar-refractivity contribution is 5.59. The summed E-state index contributed by atoms with van der Waals surface area (Å²) in [4.78, 5) is 2.20. The molecule has 0 radical (unpaired) electrons. The second-order valence-corrected chi connectivity index (χ2v) is 4.68. The summed E-state index contributed by atoms with van der Waals surface area (Å²) >= 11 is 0. The average molecular weight is 246 g/mol. The Morgan fingerprint density at radius 3 is 2.94 bits per heavy atom. The van der Waals surface area contributed by atoms with Gasteiger partial charge in [0.2, 0.25) is 0 Å². The number of anilines is 1. The molecule has 18 heavy (non-hydrogen) atoms. The molecule has 4 heteroatoms. The van der Waals surface area contributed by atoms with Gasteiger partial charge in [-0.05, 0) is 26.0 Å². The van der Waals surface area contributed by atoms with Crippen LogP contribution in [-0.4, -0.2) is 30.9 Å². The smallest absolute Gasteiger partial charge is 0.0992 e. The molecule has 0 aromatic heterocycles. The molecular formula is C14H18N2O2. The summed E-state index contributed by atoms with van der Waals surface area (Å²) in [6.07, 6.45) is -0.539. The van der Waals surface area contributed by atoms with E-state index in [0.717, 1.165) is 17.8 Å². The molecule has 1 unspecified atom stereocenters. The Balaban J connectivity index is 2.42. The SMILES string of the molecule is CC1COCCN1c1cc(C#N)ccc1[C@H](C)O. The number of ether oxygens (including phenoxy) is 1. The van der Waals surface area contributed by atoms with Crippen molar-refractivity contribution >= 4 is 5.69 Å². The molecule has 1 aliphatic heterocycles. The van der Waals surface area contributed by atoms with Gasteiger partial charge in [0.1, 0.15) is 0 Å². The van der Waals surface area contributed by atoms with Crippen LogP contribution in [0.15, 0.2) is 18.2 Å². The predicted molar refractivity (Wildman–Crippen MR) is 69.4 cm³/mol. The van der Waals surface area contributed by atoms with Gasteiger partial charge in [-0.25, -0.2) is 0 Å². The molecule has 4 nitrogen and oxygen atoms in total. The van der Waals surface area contributed by atoms with E-state index in [9.17, 15) is 5.11 Å². The minimum Gasteiger partial charge on any atom is -0.389 e. The molecule has 0 aliphatic carbocycles. The molecule has 1 aliphatic rings. The van der Waals surface area contributed by atoms with Crippen molar-refractivity contribution in [3.8, 4) is 6.07 Å². The highest BCUT2D eigenvalue weighted by atomic mass is 16.5. The molecular weight excluding hydrogens is 228 g/mol. The number of hydrogen-bond donors (Lipinski definition) is 1. The first-order valence-corrected chi connectivity index (χ1v) is 6.20. The van der Waals surface area contributed by atoms with Crippen molar-refractivity contribution in [1.29, 1.82) is 5.26 Å². The van der Waals surface area contributed by atoms with Crippen LogP contribution < -0.4 is 4.90 Å². The van der Waals surface area contributed by atoms with Crippen LogP contribution in [0.4, 0.5) is 5.69 Å². The van der Waals surface area contributed by atoms with E-state index in [1.165, 1.54) is 0 Å². The van der Waals surface area contributed by atoms with E-state index in [2.05, 4.69) is 17.9 Å². The van der Waals surface area contributed by atoms with Crippen LogP contribution in [0.3, 0.4) is 0 Å². The monoisotopic (exact) mass is 246 g/mol. The minimum atomic E-state index is -0.539. The number of aliphatic hydroxyl groups is 1. The zero-order chi connectivity index (χ0) is 13.1. The quantitative estimate of drug-likeness (QED) is 0.865. The highest BCUT2D eigenvalue weighted by Gasteiger charge is 2.22. The van der Waals surface area contributed by atoms with E-state index in [0.29, 0.717) is 18.8 Å². The number of nitriles is 1. The molecule has 0 saturated carbocycles. The predicted octanol–water partition coefficient (Wildman–Crippen LogP) is 1.84. The molecule has 0 bridgehead atoms. The Kier molecular flexibility index (Phi) is 3.85. The van der Waals surface area contributed by atoms with Gasteiger partial charge in [0.25, 0.3) is 0 Å². The minimum absolute atomic E-state index is 0.255. The van der Waals surface area contributed by atoms with Gasteiger partial charge in [0.15, 0.2) is 0 Å². The normalized spacial score (nSPS) is 21.4. The number of rotatable bonds is 2. The first kappa shape index (κ1) is 12.9. The molecule has 1 aromatic rings. The fraction of sp³-hybridized carbons (Fsp3) is 0.500. The molecule has 1 fully saturated rings. The van der Waals surface area contributed by atoms with Gasteiger partial charge < -0.3 is 14.7 Å². The van der Waals surface area contributed by atoms with Crippen molar-refractivity contribution in [3.63, 3.8) is 0 Å². The zero-order valence-corrected chi connectivity index (χ0v) is 10.8. The molecule has 1 saturated heterocycles. The molecule has 0 amide bonds. The summed E-state index contributed by atoms with van der Waals surface area (Å²) in [6, 6.07) is 7.83. The van der Waals surface area contributed by atoms with Crippen molar-refractivity contribution in [2.45, 2.75) is 26.0 Å². The topological polar surface area (TPSA) is 56.5 Å². The molecule has 0 spiro atoms. The van der Waals surface area contributed by atoms with Crippen LogP contribution in [0.25, 0.3) is 0 Å². The highest BCUT2D eigenvalue weighted by Crippen LogP contribution is 2.30. The van der Waals surface area contributed by atoms with Gasteiger partial charge in [-0.2, -0.15) is 5.26 Å². The van der Waals surface area contributed by atoms with Crippen molar-refractivity contribution in [2.24, 2.45) is 0 Å². The van der Waals surface area contributed by atoms with Crippen molar-refractivity contribution in [2.75, 3.05) is 24.7 Å². The summed E-state index contributed by atoms with van der Waals surface area (Å²) in [5, 5.41) is 18.8. The Bertz CT molecular complexity index is 465. The van der Waals surface area contributed by atoms with Gasteiger partial charge in [-0.15, -0.1) is 0 Å². The van der Waals surface area contributed by atoms with Gasteiger partial charge in [-0.1, -0.05) is 6.07 Å². The largest absolute Gasteiger partial charge is 0.389 e. The first-order valence-electron chi connectivity index (χ1n) is 6.20. The number of morpholine rings is 1. The molecule has 2 atom stereocenters. The Hall–Kier alpha value is -1.57. The Morgan fingerprint density at radius 1 is 1.56 bits per heavy atom. The van der Waals surface area contributed by atoms with E-state index in [1.54, 1.807) is 13.0 Å². The van der Waals surface area contributed by atoms with Crippen LogP contribution >= 0.6 is 0 Å². The maximum absolute atomic E-state index is 9.84. The van der Waals surface area contributed by atoms with E-state index < -0.39 is 6.10 Å². The van der Waals surface area contributed by atoms with Crippen molar-refractivity contribution in [3.05, 3.63) is 29.3 Å². The molecule has 2 rings (SSSR count). The third kappa shape index (κ3) is 2.47. The first-order chi connectivity index (χ1) is 8.63. The van der Waals surface area contributed by atoms with E-state index in [-0.39, 0.29) is 6.04 Å². The van der Waals surface area contributed by atoms with Gasteiger partial charge in [0.05, 0.1) is 31.0 Å². The summed E-state index contributed by atoms with van der Waals surface area (Å²) in [5.74, 6) is 0. The standard InChI is InChI=1S/C14H18N2O2/c1-10-9-18-6-5-16(10)14-7-12(8-15)3-4-13(14)11(2)17/h3-4,7,10-11,17H,5-6,9H2,1-2H3/t10?,11-/m0/s1. The van der Waals surface area contributed by atoms with Crippen LogP contribution in [0.1, 0.15) is 31.1 Å². The van der Waals surface area contributed by atoms with Gasteiger partial charge in [-0.3, -0.25) is 0 Å². The third-order valence-electron chi connectivity index (χ3n) is 3.29. The molecule has 1 heterocycles. The lowest BCUT2D eigenvalue weighted by atomic mass is 10.0. The second kappa shape index (κ2) is 5.38. The van der Waals surface area contributed by atoms with E-state index >= 15 is 0 Å². The maximum Gasteiger partial charge on any atom is 0.0992 e. The molecule has 1 N–H and O–H groups in total. The van der Waals surface area contributed by atoms with E-state index in [4.69, 9.17) is 10.00 Å². The summed E-state index contributed by atoms with van der Waals surface area (Å²) in [7, 11) is 0. The number of hydrogen-bond acceptors (Lipinski definition) is 4. The zero-order valence-electron chi connectivity index (χ0n) is 10.8. The van der Waals surface area contributed by atoms with Gasteiger partial charge >= 0.3 is 0 Å². The summed E-state index contributed by atoms with van der Waals surface area (Å²) in [6.45, 7) is 5.98. The third-order valence-corrected chi connectivity index (χ3v) is 3.29. The van der Waals surface area contributed by atoms with Crippen molar-refractivity contribution < 1.29 is 9.84 Å². The lowest BCUT2D eigenvalue weighted by Gasteiger charge is -2.37. The Labute approximate surface area is 107 Å². The fourth-order valence-electron chi connectivity index (χ4n) is 2.30. The lowest BCUT2D eigenvalue weighted by Crippen LogP contribution is -2.44. The summed E-state index contributed by atoms with van der Waals surface area (Å²) in [5.41, 5.74) is 2.43. The number of nitrogens with zero attached hydrogens (tertiary/aromatic N) is 2. The van der Waals surface area contributed by atoms with Crippen LogP contribution in [-0.2, 0) is 4.74 Å².